The van der Waals surface area contributed by atoms with E-state index in [4.69, 9.17) is 0 Å². The first-order valence-corrected chi connectivity index (χ1v) is 4.77. The molecule has 0 spiro atoms. The largest absolute Gasteiger partial charge is 0.0622 e. The Morgan fingerprint density at radius 3 is 1.40 bits per heavy atom. The third-order valence-corrected chi connectivity index (χ3v) is 3.46. The Hall–Kier alpha value is 0. The van der Waals surface area contributed by atoms with Gasteiger partial charge >= 0.3 is 0 Å². The third-order valence-electron chi connectivity index (χ3n) is 3.46. The second-order valence-corrected chi connectivity index (χ2v) is 4.52. The van der Waals surface area contributed by atoms with Gasteiger partial charge in [-0.05, 0) is 49.4 Å². The lowest BCUT2D eigenvalue weighted by Crippen LogP contribution is -1.83. The molecule has 0 nitrogen and oxygen atoms in total. The van der Waals surface area contributed by atoms with Gasteiger partial charge in [0.25, 0.3) is 0 Å². The number of hydrogen-bond acceptors (Lipinski definition) is 0. The lowest BCUT2D eigenvalue weighted by Gasteiger charge is -1.94. The van der Waals surface area contributed by atoms with Crippen LogP contribution in [0.4, 0.5) is 0 Å². The van der Waals surface area contributed by atoms with Gasteiger partial charge in [-0.2, -0.15) is 0 Å². The zero-order valence-corrected chi connectivity index (χ0v) is 7.14. The summed E-state index contributed by atoms with van der Waals surface area (Å²) in [5.74, 6) is 4.42. The highest BCUT2D eigenvalue weighted by Crippen LogP contribution is 2.47. The van der Waals surface area contributed by atoms with E-state index < -0.39 is 0 Å². The first-order chi connectivity index (χ1) is 4.77. The highest BCUT2D eigenvalue weighted by molar-refractivity contribution is 4.87. The van der Waals surface area contributed by atoms with E-state index in [1.807, 2.05) is 0 Å². The molecule has 0 aromatic rings. The van der Waals surface area contributed by atoms with Gasteiger partial charge in [0, 0.05) is 0 Å². The van der Waals surface area contributed by atoms with Crippen molar-refractivity contribution in [3.63, 3.8) is 0 Å². The van der Waals surface area contributed by atoms with Gasteiger partial charge in [-0.1, -0.05) is 13.8 Å². The molecule has 4 atom stereocenters. The number of hydrogen-bond donors (Lipinski definition) is 0. The molecule has 2 rings (SSSR count). The van der Waals surface area contributed by atoms with Crippen molar-refractivity contribution in [3.05, 3.63) is 0 Å². The van der Waals surface area contributed by atoms with Crippen molar-refractivity contribution in [3.8, 4) is 0 Å². The van der Waals surface area contributed by atoms with Crippen molar-refractivity contribution in [2.45, 2.75) is 39.5 Å². The summed E-state index contributed by atoms with van der Waals surface area (Å²) in [6.07, 6.45) is 6.13. The van der Waals surface area contributed by atoms with Gasteiger partial charge in [0.05, 0.1) is 0 Å². The van der Waals surface area contributed by atoms with Gasteiger partial charge in [-0.15, -0.1) is 0 Å². The first kappa shape index (κ1) is 6.69. The van der Waals surface area contributed by atoms with Gasteiger partial charge in [0.15, 0.2) is 0 Å². The van der Waals surface area contributed by atoms with Gasteiger partial charge < -0.3 is 0 Å². The quantitative estimate of drug-likeness (QED) is 0.562. The van der Waals surface area contributed by atoms with Crippen molar-refractivity contribution in [1.82, 2.24) is 0 Å². The second kappa shape index (κ2) is 2.25. The van der Waals surface area contributed by atoms with E-state index in [2.05, 4.69) is 13.8 Å². The van der Waals surface area contributed by atoms with E-state index in [0.717, 1.165) is 23.7 Å². The van der Waals surface area contributed by atoms with Crippen LogP contribution in [0.2, 0.25) is 0 Å². The SMILES string of the molecule is CC1CC1CCC1CC1C. The minimum atomic E-state index is 1.08. The lowest BCUT2D eigenvalue weighted by molar-refractivity contribution is 0.568. The topological polar surface area (TPSA) is 0 Å². The van der Waals surface area contributed by atoms with Crippen LogP contribution in [-0.2, 0) is 0 Å². The minimum absolute atomic E-state index is 1.08. The van der Waals surface area contributed by atoms with E-state index in [-0.39, 0.29) is 0 Å². The Kier molecular flexibility index (Phi) is 1.51. The highest BCUT2D eigenvalue weighted by atomic mass is 14.4. The number of rotatable bonds is 3. The summed E-state index contributed by atoms with van der Waals surface area (Å²) in [6.45, 7) is 4.78. The summed E-state index contributed by atoms with van der Waals surface area (Å²) < 4.78 is 0. The molecule has 0 heteroatoms. The molecule has 0 radical (unpaired) electrons. The molecule has 4 unspecified atom stereocenters. The molecule has 0 saturated heterocycles. The summed E-state index contributed by atoms with van der Waals surface area (Å²) in [4.78, 5) is 0. The summed E-state index contributed by atoms with van der Waals surface area (Å²) in [7, 11) is 0. The fourth-order valence-corrected chi connectivity index (χ4v) is 2.03. The summed E-state index contributed by atoms with van der Waals surface area (Å²) in [6, 6.07) is 0. The zero-order chi connectivity index (χ0) is 7.14. The Labute approximate surface area is 64.0 Å². The van der Waals surface area contributed by atoms with Gasteiger partial charge in [0.2, 0.25) is 0 Å². The van der Waals surface area contributed by atoms with Crippen LogP contribution < -0.4 is 0 Å². The van der Waals surface area contributed by atoms with E-state index in [0.29, 0.717) is 0 Å². The normalized spacial score (nSPS) is 51.0. The Bertz CT molecular complexity index is 112. The molecule has 10 heavy (non-hydrogen) atoms. The second-order valence-electron chi connectivity index (χ2n) is 4.52. The maximum atomic E-state index is 2.39. The van der Waals surface area contributed by atoms with Crippen molar-refractivity contribution in [2.24, 2.45) is 23.7 Å². The predicted molar refractivity (Wildman–Crippen MR) is 43.8 cm³/mol. The van der Waals surface area contributed by atoms with Crippen LogP contribution in [0.25, 0.3) is 0 Å². The molecule has 2 fully saturated rings. The monoisotopic (exact) mass is 138 g/mol. The zero-order valence-electron chi connectivity index (χ0n) is 7.14. The summed E-state index contributed by atoms with van der Waals surface area (Å²) >= 11 is 0. The maximum Gasteiger partial charge on any atom is -0.0386 e. The molecule has 0 aliphatic heterocycles. The molecule has 0 amide bonds. The molecule has 2 aliphatic carbocycles. The molecular weight excluding hydrogens is 120 g/mol. The molecule has 0 heterocycles. The van der Waals surface area contributed by atoms with Gasteiger partial charge in [0.1, 0.15) is 0 Å². The Morgan fingerprint density at radius 1 is 0.900 bits per heavy atom. The molecule has 2 aliphatic rings. The third kappa shape index (κ3) is 1.36. The summed E-state index contributed by atoms with van der Waals surface area (Å²) in [5, 5.41) is 0. The van der Waals surface area contributed by atoms with E-state index in [9.17, 15) is 0 Å². The van der Waals surface area contributed by atoms with Crippen molar-refractivity contribution in [1.29, 1.82) is 0 Å². The molecule has 58 valence electrons. The van der Waals surface area contributed by atoms with Crippen LogP contribution in [0.5, 0.6) is 0 Å². The highest BCUT2D eigenvalue weighted by Gasteiger charge is 2.37. The minimum Gasteiger partial charge on any atom is -0.0622 e. The van der Waals surface area contributed by atoms with Gasteiger partial charge in [-0.25, -0.2) is 0 Å². The molecule has 0 bridgehead atoms. The lowest BCUT2D eigenvalue weighted by atomic mass is 10.1. The smallest absolute Gasteiger partial charge is 0.0386 e. The van der Waals surface area contributed by atoms with Crippen LogP contribution in [0, 0.1) is 23.7 Å². The van der Waals surface area contributed by atoms with Crippen molar-refractivity contribution >= 4 is 0 Å². The van der Waals surface area contributed by atoms with Crippen LogP contribution in [0.3, 0.4) is 0 Å². The maximum absolute atomic E-state index is 2.39. The average Bonchev–Trinajstić information content (AvgIpc) is 2.71. The molecule has 0 aromatic heterocycles. The van der Waals surface area contributed by atoms with Crippen molar-refractivity contribution < 1.29 is 0 Å². The van der Waals surface area contributed by atoms with E-state index >= 15 is 0 Å². The van der Waals surface area contributed by atoms with Gasteiger partial charge in [-0.3, -0.25) is 0 Å². The van der Waals surface area contributed by atoms with Crippen LogP contribution in [-0.4, -0.2) is 0 Å². The standard InChI is InChI=1S/C10H18/c1-7-5-9(7)3-4-10-6-8(10)2/h7-10H,3-6H2,1-2H3. The van der Waals surface area contributed by atoms with Crippen LogP contribution in [0.1, 0.15) is 39.5 Å². The van der Waals surface area contributed by atoms with Crippen LogP contribution in [0.15, 0.2) is 0 Å². The Morgan fingerprint density at radius 2 is 1.20 bits per heavy atom. The average molecular weight is 138 g/mol. The fraction of sp³-hybridized carbons (Fsp3) is 1.00. The van der Waals surface area contributed by atoms with Crippen molar-refractivity contribution in [2.75, 3.05) is 0 Å². The molecule has 0 aromatic carbocycles. The van der Waals surface area contributed by atoms with E-state index in [1.165, 1.54) is 25.7 Å². The van der Waals surface area contributed by atoms with Crippen LogP contribution >= 0.6 is 0 Å². The molecular formula is C10H18. The summed E-state index contributed by atoms with van der Waals surface area (Å²) in [5.41, 5.74) is 0. The fourth-order valence-electron chi connectivity index (χ4n) is 2.03. The predicted octanol–water partition coefficient (Wildman–Crippen LogP) is 3.08. The molecule has 0 N–H and O–H groups in total. The Balaban J connectivity index is 1.57. The van der Waals surface area contributed by atoms with E-state index in [1.54, 1.807) is 0 Å². The first-order valence-electron chi connectivity index (χ1n) is 4.77. The molecule has 2 saturated carbocycles.